The number of nitrogen functional groups attached to an aromatic ring is 1. The maximum atomic E-state index is 12.2. The second-order valence-electron chi connectivity index (χ2n) is 6.62. The highest BCUT2D eigenvalue weighted by Crippen LogP contribution is 2.23. The Morgan fingerprint density at radius 3 is 2.61 bits per heavy atom. The van der Waals surface area contributed by atoms with Gasteiger partial charge in [0.15, 0.2) is 0 Å². The van der Waals surface area contributed by atoms with Crippen LogP contribution in [0.5, 0.6) is 11.5 Å². The average Bonchev–Trinajstić information content (AvgIpc) is 2.72. The number of hydrogen-bond acceptors (Lipinski definition) is 4. The molecule has 0 fully saturated rings. The molecule has 0 radical (unpaired) electrons. The molecule has 1 heterocycles. The fraction of sp³-hybridized carbons (Fsp3) is 0.217. The van der Waals surface area contributed by atoms with E-state index in [0.29, 0.717) is 12.1 Å². The van der Waals surface area contributed by atoms with E-state index in [2.05, 4.69) is 29.4 Å². The van der Waals surface area contributed by atoms with Crippen molar-refractivity contribution < 1.29 is 9.53 Å². The first-order valence-corrected chi connectivity index (χ1v) is 9.50. The van der Waals surface area contributed by atoms with E-state index in [0.717, 1.165) is 23.5 Å². The van der Waals surface area contributed by atoms with Crippen molar-refractivity contribution in [3.8, 4) is 11.5 Å². The predicted octanol–water partition coefficient (Wildman–Crippen LogP) is 4.73. The molecule has 1 amide bonds. The lowest BCUT2D eigenvalue weighted by Gasteiger charge is -2.10. The van der Waals surface area contributed by atoms with Gasteiger partial charge in [0.2, 0.25) is 0 Å². The van der Waals surface area contributed by atoms with Crippen LogP contribution in [-0.2, 0) is 13.0 Å². The molecule has 3 rings (SSSR count). The van der Waals surface area contributed by atoms with Crippen LogP contribution in [0, 0.1) is 0 Å². The number of amides is 1. The SMILES string of the molecule is CCCCc1cccc(Oc2ccc(CNC(=O)c3cccnc3N)cc2)c1. The molecule has 0 saturated heterocycles. The number of anilines is 1. The Bertz CT molecular complexity index is 923. The zero-order valence-corrected chi connectivity index (χ0v) is 16.0. The number of unbranched alkanes of at least 4 members (excludes halogenated alkanes) is 1. The van der Waals surface area contributed by atoms with Crippen LogP contribution < -0.4 is 15.8 Å². The zero-order valence-electron chi connectivity index (χ0n) is 16.0. The van der Waals surface area contributed by atoms with Crippen LogP contribution >= 0.6 is 0 Å². The first-order chi connectivity index (χ1) is 13.7. The van der Waals surface area contributed by atoms with E-state index < -0.39 is 0 Å². The van der Waals surface area contributed by atoms with Crippen molar-refractivity contribution in [3.63, 3.8) is 0 Å². The average molecular weight is 375 g/mol. The third kappa shape index (κ3) is 5.33. The van der Waals surface area contributed by atoms with Gasteiger partial charge in [0.05, 0.1) is 5.56 Å². The molecule has 0 aliphatic rings. The van der Waals surface area contributed by atoms with Gasteiger partial charge in [0.1, 0.15) is 17.3 Å². The molecule has 3 N–H and O–H groups in total. The van der Waals surface area contributed by atoms with Crippen LogP contribution in [0.4, 0.5) is 5.82 Å². The van der Waals surface area contributed by atoms with E-state index in [1.54, 1.807) is 18.3 Å². The Kier molecular flexibility index (Phi) is 6.63. The van der Waals surface area contributed by atoms with Gasteiger partial charge in [-0.15, -0.1) is 0 Å². The highest BCUT2D eigenvalue weighted by molar-refractivity contribution is 5.98. The lowest BCUT2D eigenvalue weighted by Crippen LogP contribution is -2.24. The minimum atomic E-state index is -0.241. The summed E-state index contributed by atoms with van der Waals surface area (Å²) in [6.45, 7) is 2.59. The summed E-state index contributed by atoms with van der Waals surface area (Å²) in [6, 6.07) is 19.2. The lowest BCUT2D eigenvalue weighted by atomic mass is 10.1. The van der Waals surface area contributed by atoms with Gasteiger partial charge >= 0.3 is 0 Å². The van der Waals surface area contributed by atoms with Crippen molar-refractivity contribution in [2.75, 3.05) is 5.73 Å². The third-order valence-electron chi connectivity index (χ3n) is 4.41. The molecule has 144 valence electrons. The number of rotatable bonds is 8. The highest BCUT2D eigenvalue weighted by atomic mass is 16.5. The number of aryl methyl sites for hydroxylation is 1. The molecule has 1 aromatic heterocycles. The minimum absolute atomic E-state index is 0.227. The standard InChI is InChI=1S/C23H25N3O2/c1-2-3-6-17-7-4-8-20(15-17)28-19-12-10-18(11-13-19)16-26-23(27)21-9-5-14-25-22(21)24/h4-5,7-15H,2-3,6,16H2,1H3,(H2,24,25)(H,26,27). The minimum Gasteiger partial charge on any atom is -0.457 e. The fourth-order valence-electron chi connectivity index (χ4n) is 2.84. The van der Waals surface area contributed by atoms with Crippen molar-refractivity contribution in [2.45, 2.75) is 32.7 Å². The normalized spacial score (nSPS) is 10.5. The summed E-state index contributed by atoms with van der Waals surface area (Å²) in [5, 5.41) is 2.85. The second kappa shape index (κ2) is 9.55. The molecule has 0 spiro atoms. The molecule has 5 heteroatoms. The van der Waals surface area contributed by atoms with E-state index in [4.69, 9.17) is 10.5 Å². The number of nitrogens with zero attached hydrogens (tertiary/aromatic N) is 1. The summed E-state index contributed by atoms with van der Waals surface area (Å²) in [6.07, 6.45) is 4.98. The largest absolute Gasteiger partial charge is 0.457 e. The quantitative estimate of drug-likeness (QED) is 0.597. The summed E-state index contributed by atoms with van der Waals surface area (Å²) in [5.41, 5.74) is 8.37. The van der Waals surface area contributed by atoms with E-state index in [1.165, 1.54) is 18.4 Å². The number of ether oxygens (including phenoxy) is 1. The monoisotopic (exact) mass is 375 g/mol. The van der Waals surface area contributed by atoms with Crippen molar-refractivity contribution in [3.05, 3.63) is 83.6 Å². The molecule has 0 aliphatic carbocycles. The van der Waals surface area contributed by atoms with Crippen LogP contribution in [0.2, 0.25) is 0 Å². The van der Waals surface area contributed by atoms with Gasteiger partial charge in [0, 0.05) is 12.7 Å². The Morgan fingerprint density at radius 1 is 1.04 bits per heavy atom. The second-order valence-corrected chi connectivity index (χ2v) is 6.62. The first-order valence-electron chi connectivity index (χ1n) is 9.50. The molecule has 0 aliphatic heterocycles. The molecule has 5 nitrogen and oxygen atoms in total. The topological polar surface area (TPSA) is 77.2 Å². The molecule has 0 atom stereocenters. The van der Waals surface area contributed by atoms with Gasteiger partial charge in [-0.3, -0.25) is 4.79 Å². The van der Waals surface area contributed by atoms with E-state index in [1.807, 2.05) is 36.4 Å². The fourth-order valence-corrected chi connectivity index (χ4v) is 2.84. The van der Waals surface area contributed by atoms with Gasteiger partial charge in [-0.25, -0.2) is 4.98 Å². The summed E-state index contributed by atoms with van der Waals surface area (Å²) >= 11 is 0. The molecule has 3 aromatic rings. The van der Waals surface area contributed by atoms with Crippen LogP contribution in [0.15, 0.2) is 66.9 Å². The first kappa shape index (κ1) is 19.4. The Hall–Kier alpha value is -3.34. The summed E-state index contributed by atoms with van der Waals surface area (Å²) in [4.78, 5) is 16.1. The molecular weight excluding hydrogens is 350 g/mol. The zero-order chi connectivity index (χ0) is 19.8. The molecular formula is C23H25N3O2. The Balaban J connectivity index is 1.56. The number of hydrogen-bond donors (Lipinski definition) is 2. The molecule has 2 aromatic carbocycles. The summed E-state index contributed by atoms with van der Waals surface area (Å²) in [5.74, 6) is 1.58. The molecule has 0 saturated carbocycles. The van der Waals surface area contributed by atoms with Crippen LogP contribution in [0.3, 0.4) is 0 Å². The number of carbonyl (C=O) groups is 1. The van der Waals surface area contributed by atoms with E-state index >= 15 is 0 Å². The third-order valence-corrected chi connectivity index (χ3v) is 4.41. The van der Waals surface area contributed by atoms with Crippen molar-refractivity contribution in [2.24, 2.45) is 0 Å². The maximum absolute atomic E-state index is 12.2. The van der Waals surface area contributed by atoms with Gasteiger partial charge in [-0.1, -0.05) is 37.6 Å². The van der Waals surface area contributed by atoms with Gasteiger partial charge in [0.25, 0.3) is 5.91 Å². The smallest absolute Gasteiger partial charge is 0.255 e. The maximum Gasteiger partial charge on any atom is 0.255 e. The molecule has 0 bridgehead atoms. The van der Waals surface area contributed by atoms with Crippen molar-refractivity contribution in [1.29, 1.82) is 0 Å². The summed E-state index contributed by atoms with van der Waals surface area (Å²) in [7, 11) is 0. The molecule has 0 unspecified atom stereocenters. The van der Waals surface area contributed by atoms with Crippen LogP contribution in [0.1, 0.15) is 41.3 Å². The number of nitrogens with one attached hydrogen (secondary N) is 1. The number of carbonyl (C=O) groups excluding carboxylic acids is 1. The Morgan fingerprint density at radius 2 is 1.86 bits per heavy atom. The predicted molar refractivity (Wildman–Crippen MR) is 111 cm³/mol. The van der Waals surface area contributed by atoms with Crippen molar-refractivity contribution >= 4 is 11.7 Å². The van der Waals surface area contributed by atoms with Gasteiger partial charge < -0.3 is 15.8 Å². The van der Waals surface area contributed by atoms with Gasteiger partial charge in [-0.05, 0) is 60.4 Å². The van der Waals surface area contributed by atoms with Crippen LogP contribution in [-0.4, -0.2) is 10.9 Å². The number of nitrogens with two attached hydrogens (primary N) is 1. The van der Waals surface area contributed by atoms with E-state index in [-0.39, 0.29) is 11.7 Å². The summed E-state index contributed by atoms with van der Waals surface area (Å²) < 4.78 is 5.95. The number of benzene rings is 2. The van der Waals surface area contributed by atoms with E-state index in [9.17, 15) is 4.79 Å². The highest BCUT2D eigenvalue weighted by Gasteiger charge is 2.09. The lowest BCUT2D eigenvalue weighted by molar-refractivity contribution is 0.0951. The van der Waals surface area contributed by atoms with Crippen LogP contribution in [0.25, 0.3) is 0 Å². The number of pyridine rings is 1. The van der Waals surface area contributed by atoms with Gasteiger partial charge in [-0.2, -0.15) is 0 Å². The Labute approximate surface area is 165 Å². The molecule has 28 heavy (non-hydrogen) atoms. The number of aromatic nitrogens is 1. The van der Waals surface area contributed by atoms with Crippen molar-refractivity contribution in [1.82, 2.24) is 10.3 Å².